The molecular formula is C11H11N3O2. The van der Waals surface area contributed by atoms with E-state index in [0.29, 0.717) is 17.7 Å². The molecule has 16 heavy (non-hydrogen) atoms. The van der Waals surface area contributed by atoms with Crippen LogP contribution in [0.25, 0.3) is 11.3 Å². The van der Waals surface area contributed by atoms with Gasteiger partial charge in [-0.15, -0.1) is 0 Å². The third-order valence-electron chi connectivity index (χ3n) is 2.83. The normalized spacial score (nSPS) is 15.2. The van der Waals surface area contributed by atoms with Gasteiger partial charge in [0.25, 0.3) is 0 Å². The summed E-state index contributed by atoms with van der Waals surface area (Å²) in [5.41, 5.74) is 2.12. The molecule has 0 amide bonds. The van der Waals surface area contributed by atoms with Crippen molar-refractivity contribution in [3.8, 4) is 11.3 Å². The Morgan fingerprint density at radius 2 is 2.31 bits per heavy atom. The smallest absolute Gasteiger partial charge is 0.168 e. The second-order valence-electron chi connectivity index (χ2n) is 4.01. The molecule has 0 saturated carbocycles. The largest absolute Gasteiger partial charge is 0.360 e. The SMILES string of the molecule is Cn1cc(-c2noc3c2C(=O)CCC3)cn1. The summed E-state index contributed by atoms with van der Waals surface area (Å²) in [6, 6.07) is 0. The molecule has 0 unspecified atom stereocenters. The highest BCUT2D eigenvalue weighted by Crippen LogP contribution is 2.30. The Morgan fingerprint density at radius 3 is 3.06 bits per heavy atom. The average molecular weight is 217 g/mol. The quantitative estimate of drug-likeness (QED) is 0.727. The fourth-order valence-electron chi connectivity index (χ4n) is 2.06. The Hall–Kier alpha value is -1.91. The number of aromatic nitrogens is 3. The molecule has 5 heteroatoms. The van der Waals surface area contributed by atoms with Crippen molar-refractivity contribution in [3.63, 3.8) is 0 Å². The molecule has 0 aromatic carbocycles. The summed E-state index contributed by atoms with van der Waals surface area (Å²) < 4.78 is 6.90. The van der Waals surface area contributed by atoms with Crippen LogP contribution in [0.15, 0.2) is 16.9 Å². The van der Waals surface area contributed by atoms with Crippen LogP contribution in [-0.2, 0) is 13.5 Å². The van der Waals surface area contributed by atoms with Gasteiger partial charge in [-0.25, -0.2) is 0 Å². The van der Waals surface area contributed by atoms with Crippen molar-refractivity contribution < 1.29 is 9.32 Å². The van der Waals surface area contributed by atoms with Crippen molar-refractivity contribution in [3.05, 3.63) is 23.7 Å². The van der Waals surface area contributed by atoms with E-state index in [0.717, 1.165) is 24.2 Å². The molecule has 1 aliphatic rings. The molecule has 0 spiro atoms. The van der Waals surface area contributed by atoms with Gasteiger partial charge >= 0.3 is 0 Å². The maximum absolute atomic E-state index is 11.8. The summed E-state index contributed by atoms with van der Waals surface area (Å²) in [5, 5.41) is 8.05. The Kier molecular flexibility index (Phi) is 1.92. The first-order valence-electron chi connectivity index (χ1n) is 5.26. The summed E-state index contributed by atoms with van der Waals surface area (Å²) in [7, 11) is 1.83. The van der Waals surface area contributed by atoms with Gasteiger partial charge in [-0.3, -0.25) is 9.48 Å². The van der Waals surface area contributed by atoms with E-state index in [-0.39, 0.29) is 5.78 Å². The lowest BCUT2D eigenvalue weighted by Crippen LogP contribution is -2.09. The van der Waals surface area contributed by atoms with Crippen LogP contribution in [-0.4, -0.2) is 20.7 Å². The van der Waals surface area contributed by atoms with Crippen LogP contribution >= 0.6 is 0 Å². The second kappa shape index (κ2) is 3.30. The lowest BCUT2D eigenvalue weighted by atomic mass is 9.94. The van der Waals surface area contributed by atoms with E-state index < -0.39 is 0 Å². The number of hydrogen-bond donors (Lipinski definition) is 0. The summed E-state index contributed by atoms with van der Waals surface area (Å²) in [6.45, 7) is 0. The monoisotopic (exact) mass is 217 g/mol. The molecule has 1 aliphatic carbocycles. The van der Waals surface area contributed by atoms with Crippen molar-refractivity contribution in [2.24, 2.45) is 7.05 Å². The minimum Gasteiger partial charge on any atom is -0.360 e. The highest BCUT2D eigenvalue weighted by Gasteiger charge is 2.27. The van der Waals surface area contributed by atoms with Crippen LogP contribution < -0.4 is 0 Å². The lowest BCUT2D eigenvalue weighted by Gasteiger charge is -2.07. The Balaban J connectivity index is 2.15. The van der Waals surface area contributed by atoms with Crippen molar-refractivity contribution in [1.82, 2.24) is 14.9 Å². The Labute approximate surface area is 92.0 Å². The molecule has 0 N–H and O–H groups in total. The van der Waals surface area contributed by atoms with Crippen LogP contribution in [0.4, 0.5) is 0 Å². The number of carbonyl (C=O) groups is 1. The number of Topliss-reactive ketones (excluding diaryl/α,β-unsaturated/α-hetero) is 1. The first kappa shape index (κ1) is 9.33. The minimum absolute atomic E-state index is 0.126. The zero-order chi connectivity index (χ0) is 11.1. The first-order valence-corrected chi connectivity index (χ1v) is 5.26. The summed E-state index contributed by atoms with van der Waals surface area (Å²) in [4.78, 5) is 11.8. The van der Waals surface area contributed by atoms with Crippen LogP contribution in [0, 0.1) is 0 Å². The van der Waals surface area contributed by atoms with E-state index in [1.165, 1.54) is 0 Å². The van der Waals surface area contributed by atoms with Crippen LogP contribution in [0.1, 0.15) is 29.0 Å². The van der Waals surface area contributed by atoms with Crippen molar-refractivity contribution in [1.29, 1.82) is 0 Å². The van der Waals surface area contributed by atoms with Crippen molar-refractivity contribution >= 4 is 5.78 Å². The molecule has 2 aromatic heterocycles. The lowest BCUT2D eigenvalue weighted by molar-refractivity contribution is 0.0969. The Morgan fingerprint density at radius 1 is 1.44 bits per heavy atom. The molecule has 0 saturated heterocycles. The molecule has 0 fully saturated rings. The highest BCUT2D eigenvalue weighted by molar-refractivity contribution is 6.02. The average Bonchev–Trinajstić information content (AvgIpc) is 2.84. The number of fused-ring (bicyclic) bond motifs is 1. The van der Waals surface area contributed by atoms with Gasteiger partial charge in [-0.2, -0.15) is 5.10 Å². The third kappa shape index (κ3) is 1.28. The van der Waals surface area contributed by atoms with E-state index >= 15 is 0 Å². The minimum atomic E-state index is 0.126. The highest BCUT2D eigenvalue weighted by atomic mass is 16.5. The van der Waals surface area contributed by atoms with Gasteiger partial charge in [-0.05, 0) is 6.42 Å². The summed E-state index contributed by atoms with van der Waals surface area (Å²) >= 11 is 0. The third-order valence-corrected chi connectivity index (χ3v) is 2.83. The maximum Gasteiger partial charge on any atom is 0.168 e. The molecule has 2 aromatic rings. The van der Waals surface area contributed by atoms with Gasteiger partial charge < -0.3 is 4.52 Å². The molecule has 5 nitrogen and oxygen atoms in total. The molecule has 3 rings (SSSR count). The molecule has 0 radical (unpaired) electrons. The topological polar surface area (TPSA) is 60.9 Å². The number of hydrogen-bond acceptors (Lipinski definition) is 4. The van der Waals surface area contributed by atoms with E-state index in [1.807, 2.05) is 13.2 Å². The van der Waals surface area contributed by atoms with E-state index in [2.05, 4.69) is 10.3 Å². The van der Waals surface area contributed by atoms with Gasteiger partial charge in [0.05, 0.1) is 11.8 Å². The second-order valence-corrected chi connectivity index (χ2v) is 4.01. The zero-order valence-electron chi connectivity index (χ0n) is 8.93. The zero-order valence-corrected chi connectivity index (χ0v) is 8.93. The van der Waals surface area contributed by atoms with Crippen LogP contribution in [0.2, 0.25) is 0 Å². The summed E-state index contributed by atoms with van der Waals surface area (Å²) in [5.74, 6) is 0.844. The van der Waals surface area contributed by atoms with Gasteiger partial charge in [0, 0.05) is 31.6 Å². The molecule has 82 valence electrons. The van der Waals surface area contributed by atoms with Gasteiger partial charge in [0.2, 0.25) is 0 Å². The fraction of sp³-hybridized carbons (Fsp3) is 0.364. The number of nitrogens with zero attached hydrogens (tertiary/aromatic N) is 3. The molecular weight excluding hydrogens is 206 g/mol. The van der Waals surface area contributed by atoms with Gasteiger partial charge in [0.1, 0.15) is 11.5 Å². The fourth-order valence-corrected chi connectivity index (χ4v) is 2.06. The van der Waals surface area contributed by atoms with Crippen LogP contribution in [0.5, 0.6) is 0 Å². The van der Waals surface area contributed by atoms with Crippen molar-refractivity contribution in [2.75, 3.05) is 0 Å². The number of carbonyl (C=O) groups excluding carboxylic acids is 1. The molecule has 0 bridgehead atoms. The standard InChI is InChI=1S/C11H11N3O2/c1-14-6-7(5-12-14)11-10-8(15)3-2-4-9(10)16-13-11/h5-6H,2-4H2,1H3. The predicted molar refractivity (Wildman–Crippen MR) is 56.0 cm³/mol. The molecule has 0 atom stereocenters. The predicted octanol–water partition coefficient (Wildman–Crippen LogP) is 1.59. The van der Waals surface area contributed by atoms with Crippen molar-refractivity contribution in [2.45, 2.75) is 19.3 Å². The summed E-state index contributed by atoms with van der Waals surface area (Å²) in [6.07, 6.45) is 5.77. The molecule has 0 aliphatic heterocycles. The van der Waals surface area contributed by atoms with E-state index in [4.69, 9.17) is 4.52 Å². The van der Waals surface area contributed by atoms with E-state index in [9.17, 15) is 4.79 Å². The first-order chi connectivity index (χ1) is 7.75. The van der Waals surface area contributed by atoms with Gasteiger partial charge in [0.15, 0.2) is 5.78 Å². The van der Waals surface area contributed by atoms with Gasteiger partial charge in [-0.1, -0.05) is 5.16 Å². The Bertz CT molecular complexity index is 553. The number of ketones is 1. The molecule has 2 heterocycles. The maximum atomic E-state index is 11.8. The number of rotatable bonds is 1. The van der Waals surface area contributed by atoms with E-state index in [1.54, 1.807) is 10.9 Å². The van der Waals surface area contributed by atoms with Crippen LogP contribution in [0.3, 0.4) is 0 Å². The number of aryl methyl sites for hydroxylation is 2.